The van der Waals surface area contributed by atoms with Crippen LogP contribution in [0, 0.1) is 11.3 Å². The first-order valence-electron chi connectivity index (χ1n) is 8.34. The highest BCUT2D eigenvalue weighted by atomic mass is 32.1. The van der Waals surface area contributed by atoms with E-state index in [0.29, 0.717) is 16.1 Å². The number of thiophene rings is 1. The van der Waals surface area contributed by atoms with Gasteiger partial charge in [-0.3, -0.25) is 9.78 Å². The van der Waals surface area contributed by atoms with Gasteiger partial charge in [-0.15, -0.1) is 11.3 Å². The van der Waals surface area contributed by atoms with Gasteiger partial charge in [-0.25, -0.2) is 4.98 Å². The number of nitrogens with zero attached hydrogens (tertiary/aromatic N) is 3. The molecule has 0 saturated heterocycles. The van der Waals surface area contributed by atoms with Crippen LogP contribution in [0.15, 0.2) is 30.5 Å². The van der Waals surface area contributed by atoms with E-state index in [1.54, 1.807) is 0 Å². The van der Waals surface area contributed by atoms with Crippen LogP contribution in [0.2, 0.25) is 0 Å². The third-order valence-corrected chi connectivity index (χ3v) is 5.65. The Kier molecular flexibility index (Phi) is 4.16. The zero-order valence-corrected chi connectivity index (χ0v) is 14.4. The Morgan fingerprint density at radius 1 is 1.16 bits per heavy atom. The molecule has 0 spiro atoms. The smallest absolute Gasteiger partial charge is 0.276 e. The third-order valence-electron chi connectivity index (χ3n) is 4.44. The monoisotopic (exact) mass is 348 g/mol. The van der Waals surface area contributed by atoms with Crippen molar-refractivity contribution >= 4 is 33.3 Å². The Morgan fingerprint density at radius 3 is 2.80 bits per heavy atom. The Bertz CT molecular complexity index is 1000. The summed E-state index contributed by atoms with van der Waals surface area (Å²) in [7, 11) is 0. The van der Waals surface area contributed by atoms with E-state index in [-0.39, 0.29) is 11.6 Å². The minimum absolute atomic E-state index is 0.256. The molecule has 3 aromatic rings. The number of benzene rings is 1. The second-order valence-corrected chi connectivity index (χ2v) is 7.18. The maximum absolute atomic E-state index is 12.6. The summed E-state index contributed by atoms with van der Waals surface area (Å²) in [5, 5.41) is 13.1. The van der Waals surface area contributed by atoms with Crippen molar-refractivity contribution in [3.05, 3.63) is 52.2 Å². The number of aromatic nitrogens is 2. The van der Waals surface area contributed by atoms with Gasteiger partial charge in [0.2, 0.25) is 0 Å². The zero-order chi connectivity index (χ0) is 17.2. The molecule has 124 valence electrons. The van der Waals surface area contributed by atoms with Crippen LogP contribution in [0.1, 0.15) is 45.8 Å². The van der Waals surface area contributed by atoms with Crippen molar-refractivity contribution in [1.82, 2.24) is 9.97 Å². The van der Waals surface area contributed by atoms with Gasteiger partial charge in [-0.05, 0) is 43.4 Å². The summed E-state index contributed by atoms with van der Waals surface area (Å²) in [4.78, 5) is 22.5. The van der Waals surface area contributed by atoms with Crippen LogP contribution in [0.4, 0.5) is 5.00 Å². The van der Waals surface area contributed by atoms with Gasteiger partial charge in [-0.2, -0.15) is 5.26 Å². The third kappa shape index (κ3) is 2.99. The van der Waals surface area contributed by atoms with Crippen LogP contribution in [0.5, 0.6) is 0 Å². The van der Waals surface area contributed by atoms with Gasteiger partial charge in [-0.1, -0.05) is 18.6 Å². The van der Waals surface area contributed by atoms with E-state index in [1.165, 1.54) is 28.8 Å². The van der Waals surface area contributed by atoms with E-state index in [0.717, 1.165) is 36.8 Å². The average Bonchev–Trinajstić information content (AvgIpc) is 2.80. The normalized spacial score (nSPS) is 13.7. The molecular formula is C19H16N4OS. The van der Waals surface area contributed by atoms with E-state index >= 15 is 0 Å². The largest absolute Gasteiger partial charge is 0.311 e. The number of nitriles is 1. The Labute approximate surface area is 149 Å². The fourth-order valence-corrected chi connectivity index (χ4v) is 4.42. The molecule has 1 aliphatic rings. The maximum Gasteiger partial charge on any atom is 0.276 e. The molecule has 1 N–H and O–H groups in total. The van der Waals surface area contributed by atoms with Crippen molar-refractivity contribution < 1.29 is 4.79 Å². The minimum atomic E-state index is -0.328. The summed E-state index contributed by atoms with van der Waals surface area (Å²) in [6.07, 6.45) is 6.81. The predicted octanol–water partition coefficient (Wildman–Crippen LogP) is 4.08. The number of anilines is 1. The van der Waals surface area contributed by atoms with E-state index in [1.807, 2.05) is 24.3 Å². The molecule has 6 heteroatoms. The van der Waals surface area contributed by atoms with Crippen LogP contribution >= 0.6 is 11.3 Å². The number of para-hydroxylation sites is 2. The Balaban J connectivity index is 1.65. The fraction of sp³-hybridized carbons (Fsp3) is 0.263. The molecule has 2 heterocycles. The first-order chi connectivity index (χ1) is 12.3. The molecule has 0 fully saturated rings. The number of carbonyl (C=O) groups is 1. The molecule has 0 bridgehead atoms. The molecule has 5 nitrogen and oxygen atoms in total. The molecule has 0 aliphatic heterocycles. The lowest BCUT2D eigenvalue weighted by Crippen LogP contribution is -2.14. The van der Waals surface area contributed by atoms with Crippen molar-refractivity contribution in [2.24, 2.45) is 0 Å². The molecule has 0 unspecified atom stereocenters. The molecule has 25 heavy (non-hydrogen) atoms. The molecule has 2 aromatic heterocycles. The first-order valence-corrected chi connectivity index (χ1v) is 9.15. The molecule has 0 atom stereocenters. The molecule has 0 radical (unpaired) electrons. The van der Waals surface area contributed by atoms with Crippen molar-refractivity contribution in [3.63, 3.8) is 0 Å². The highest BCUT2D eigenvalue weighted by molar-refractivity contribution is 7.16. The quantitative estimate of drug-likeness (QED) is 0.708. The van der Waals surface area contributed by atoms with Gasteiger partial charge in [0.1, 0.15) is 16.8 Å². The zero-order valence-electron chi connectivity index (χ0n) is 13.6. The number of carbonyl (C=O) groups excluding carboxylic acids is 1. The molecule has 1 aromatic carbocycles. The van der Waals surface area contributed by atoms with Crippen LogP contribution < -0.4 is 5.32 Å². The first kappa shape index (κ1) is 15.7. The number of amides is 1. The number of rotatable bonds is 2. The second-order valence-electron chi connectivity index (χ2n) is 6.08. The van der Waals surface area contributed by atoms with E-state index in [4.69, 9.17) is 0 Å². The summed E-state index contributed by atoms with van der Waals surface area (Å²) >= 11 is 1.52. The van der Waals surface area contributed by atoms with Crippen molar-refractivity contribution in [3.8, 4) is 6.07 Å². The van der Waals surface area contributed by atoms with Crippen LogP contribution in [-0.4, -0.2) is 15.9 Å². The van der Waals surface area contributed by atoms with Gasteiger partial charge in [0.25, 0.3) is 5.91 Å². The van der Waals surface area contributed by atoms with Crippen molar-refractivity contribution in [2.75, 3.05) is 5.32 Å². The van der Waals surface area contributed by atoms with Gasteiger partial charge in [0.15, 0.2) is 0 Å². The van der Waals surface area contributed by atoms with E-state index in [9.17, 15) is 10.1 Å². The fourth-order valence-electron chi connectivity index (χ4n) is 3.18. The Hall–Kier alpha value is -2.78. The van der Waals surface area contributed by atoms with Crippen LogP contribution in [0.3, 0.4) is 0 Å². The topological polar surface area (TPSA) is 78.7 Å². The lowest BCUT2D eigenvalue weighted by Gasteiger charge is -2.04. The molecule has 1 amide bonds. The van der Waals surface area contributed by atoms with Crippen LogP contribution in [-0.2, 0) is 12.8 Å². The summed E-state index contributed by atoms with van der Waals surface area (Å²) in [6.45, 7) is 0. The van der Waals surface area contributed by atoms with Crippen molar-refractivity contribution in [2.45, 2.75) is 32.1 Å². The van der Waals surface area contributed by atoms with E-state index < -0.39 is 0 Å². The van der Waals surface area contributed by atoms with Crippen LogP contribution in [0.25, 0.3) is 11.0 Å². The lowest BCUT2D eigenvalue weighted by molar-refractivity contribution is 0.102. The summed E-state index contributed by atoms with van der Waals surface area (Å²) in [5.74, 6) is -0.328. The summed E-state index contributed by atoms with van der Waals surface area (Å²) < 4.78 is 0. The van der Waals surface area contributed by atoms with Crippen molar-refractivity contribution in [1.29, 1.82) is 5.26 Å². The highest BCUT2D eigenvalue weighted by Crippen LogP contribution is 2.37. The van der Waals surface area contributed by atoms with E-state index in [2.05, 4.69) is 21.4 Å². The van der Waals surface area contributed by atoms with Gasteiger partial charge < -0.3 is 5.32 Å². The van der Waals surface area contributed by atoms with Gasteiger partial charge in [0.05, 0.1) is 22.8 Å². The highest BCUT2D eigenvalue weighted by Gasteiger charge is 2.21. The molecule has 4 rings (SSSR count). The maximum atomic E-state index is 12.6. The summed E-state index contributed by atoms with van der Waals surface area (Å²) in [5.41, 5.74) is 3.41. The number of fused-ring (bicyclic) bond motifs is 2. The SMILES string of the molecule is N#Cc1c(NC(=O)c2cnc3ccccc3n2)sc2c1CCCCC2. The predicted molar refractivity (Wildman–Crippen MR) is 97.8 cm³/mol. The second kappa shape index (κ2) is 6.61. The summed E-state index contributed by atoms with van der Waals surface area (Å²) in [6, 6.07) is 9.71. The standard InChI is InChI=1S/C19H16N4OS/c20-10-13-12-6-2-1-3-9-17(12)25-19(13)23-18(24)16-11-21-14-7-4-5-8-15(14)22-16/h4-5,7-8,11H,1-3,6,9H2,(H,23,24). The number of hydrogen-bond donors (Lipinski definition) is 1. The number of nitrogens with one attached hydrogen (secondary N) is 1. The van der Waals surface area contributed by atoms with Gasteiger partial charge >= 0.3 is 0 Å². The lowest BCUT2D eigenvalue weighted by atomic mass is 10.1. The molecular weight excluding hydrogens is 332 g/mol. The average molecular weight is 348 g/mol. The number of hydrogen-bond acceptors (Lipinski definition) is 5. The molecule has 1 aliphatic carbocycles. The molecule has 0 saturated carbocycles. The van der Waals surface area contributed by atoms with Gasteiger partial charge in [0, 0.05) is 4.88 Å². The number of aryl methyl sites for hydroxylation is 1. The Morgan fingerprint density at radius 2 is 1.96 bits per heavy atom. The minimum Gasteiger partial charge on any atom is -0.311 e.